The minimum atomic E-state index is -0.298. The van der Waals surface area contributed by atoms with Crippen LogP contribution in [-0.2, 0) is 4.79 Å². The van der Waals surface area contributed by atoms with Crippen molar-refractivity contribution < 1.29 is 9.90 Å². The Kier molecular flexibility index (Phi) is 7.63. The fourth-order valence-corrected chi connectivity index (χ4v) is 12.2. The van der Waals surface area contributed by atoms with E-state index >= 15 is 0 Å². The molecule has 4 saturated carbocycles. The first-order valence-corrected chi connectivity index (χ1v) is 17.7. The summed E-state index contributed by atoms with van der Waals surface area (Å²) >= 11 is 0. The zero-order valence-electron chi connectivity index (χ0n) is 28.5. The first-order chi connectivity index (χ1) is 19.6. The SMILES string of the molecule is CN1CCN(CCNC(=O)[C@]23CCC(C)(C)CC2=C2CC[C@@H]4[C@@]5(C)CC[C@H](O)C(C)(C)[C@@H]5CC[C@@]4(C)[C@]2(C)CC3)CC1. The van der Waals surface area contributed by atoms with Crippen LogP contribution in [0.4, 0.5) is 0 Å². The van der Waals surface area contributed by atoms with E-state index in [1.807, 2.05) is 0 Å². The van der Waals surface area contributed by atoms with Crippen molar-refractivity contribution in [3.8, 4) is 0 Å². The van der Waals surface area contributed by atoms with Gasteiger partial charge in [0.15, 0.2) is 0 Å². The fourth-order valence-electron chi connectivity index (χ4n) is 12.2. The number of carbonyl (C=O) groups is 1. The van der Waals surface area contributed by atoms with E-state index < -0.39 is 0 Å². The van der Waals surface area contributed by atoms with Gasteiger partial charge in [0.05, 0.1) is 11.5 Å². The van der Waals surface area contributed by atoms with Crippen LogP contribution >= 0.6 is 0 Å². The highest BCUT2D eigenvalue weighted by molar-refractivity contribution is 5.87. The Labute approximate surface area is 257 Å². The zero-order valence-corrected chi connectivity index (χ0v) is 28.5. The molecule has 5 aliphatic carbocycles. The van der Waals surface area contributed by atoms with Gasteiger partial charge in [-0.2, -0.15) is 0 Å². The summed E-state index contributed by atoms with van der Waals surface area (Å²) in [6, 6.07) is 0. The number of hydrogen-bond donors (Lipinski definition) is 2. The van der Waals surface area contributed by atoms with Crippen LogP contribution < -0.4 is 5.32 Å². The van der Waals surface area contributed by atoms with E-state index in [1.54, 1.807) is 11.1 Å². The summed E-state index contributed by atoms with van der Waals surface area (Å²) in [5, 5.41) is 14.6. The summed E-state index contributed by atoms with van der Waals surface area (Å²) in [4.78, 5) is 19.3. The maximum Gasteiger partial charge on any atom is 0.230 e. The molecule has 0 bridgehead atoms. The van der Waals surface area contributed by atoms with Crippen molar-refractivity contribution in [1.29, 1.82) is 0 Å². The highest BCUT2D eigenvalue weighted by Crippen LogP contribution is 2.75. The number of carbonyl (C=O) groups excluding carboxylic acids is 1. The molecule has 0 radical (unpaired) electrons. The molecule has 1 amide bonds. The van der Waals surface area contributed by atoms with Gasteiger partial charge in [-0.05, 0) is 117 Å². The van der Waals surface area contributed by atoms with E-state index in [0.717, 1.165) is 84.2 Å². The maximum absolute atomic E-state index is 14.3. The number of aliphatic hydroxyl groups excluding tert-OH is 1. The topological polar surface area (TPSA) is 55.8 Å². The molecule has 6 aliphatic rings. The molecule has 1 saturated heterocycles. The van der Waals surface area contributed by atoms with Gasteiger partial charge in [-0.3, -0.25) is 9.69 Å². The number of rotatable bonds is 4. The Morgan fingerprint density at radius 3 is 2.24 bits per heavy atom. The summed E-state index contributed by atoms with van der Waals surface area (Å²) in [6.07, 6.45) is 12.3. The molecule has 42 heavy (non-hydrogen) atoms. The summed E-state index contributed by atoms with van der Waals surface area (Å²) in [7, 11) is 2.20. The van der Waals surface area contributed by atoms with E-state index in [0.29, 0.717) is 17.7 Å². The van der Waals surface area contributed by atoms with Crippen molar-refractivity contribution >= 4 is 5.91 Å². The molecule has 7 atom stereocenters. The van der Waals surface area contributed by atoms with E-state index in [1.165, 1.54) is 25.7 Å². The molecule has 2 N–H and O–H groups in total. The van der Waals surface area contributed by atoms with Gasteiger partial charge < -0.3 is 15.3 Å². The minimum absolute atomic E-state index is 0.00863. The molecule has 0 unspecified atom stereocenters. The first-order valence-electron chi connectivity index (χ1n) is 17.7. The molecule has 5 fully saturated rings. The van der Waals surface area contributed by atoms with Gasteiger partial charge in [-0.1, -0.05) is 59.6 Å². The van der Waals surface area contributed by atoms with Crippen LogP contribution in [0.3, 0.4) is 0 Å². The van der Waals surface area contributed by atoms with Gasteiger partial charge in [0.2, 0.25) is 5.91 Å². The number of piperazine rings is 1. The zero-order chi connectivity index (χ0) is 30.3. The molecule has 0 aromatic rings. The van der Waals surface area contributed by atoms with Gasteiger partial charge in [-0.15, -0.1) is 0 Å². The standard InChI is InChI=1S/C37H63N3O2/c1-32(2)15-17-37(31(42)38-19-20-40-23-21-39(8)22-24-40)18-16-35(6)26(27(37)25-32)9-10-29-34(5)13-12-30(41)33(3,4)28(34)11-14-36(29,35)7/h28-30,41H,9-25H2,1-8H3,(H,38,42)/t28-,29+,30-,34-,35+,36+,37-/m0/s1. The third kappa shape index (κ3) is 4.51. The Hall–Kier alpha value is -0.910. The Morgan fingerprint density at radius 2 is 1.52 bits per heavy atom. The normalized spacial score (nSPS) is 45.3. The van der Waals surface area contributed by atoms with Gasteiger partial charge in [0, 0.05) is 39.3 Å². The van der Waals surface area contributed by atoms with Crippen molar-refractivity contribution in [2.24, 2.45) is 44.3 Å². The number of nitrogens with zero attached hydrogens (tertiary/aromatic N) is 2. The quantitative estimate of drug-likeness (QED) is 0.365. The third-order valence-corrected chi connectivity index (χ3v) is 15.3. The molecule has 0 spiro atoms. The van der Waals surface area contributed by atoms with Crippen LogP contribution in [0.5, 0.6) is 0 Å². The molecule has 5 nitrogen and oxygen atoms in total. The highest BCUT2D eigenvalue weighted by Gasteiger charge is 2.68. The molecule has 238 valence electrons. The van der Waals surface area contributed by atoms with Gasteiger partial charge in [0.1, 0.15) is 0 Å². The summed E-state index contributed by atoms with van der Waals surface area (Å²) < 4.78 is 0. The molecule has 1 aliphatic heterocycles. The molecule has 0 aromatic carbocycles. The lowest BCUT2D eigenvalue weighted by Gasteiger charge is -2.71. The minimum Gasteiger partial charge on any atom is -0.393 e. The van der Waals surface area contributed by atoms with Crippen LogP contribution in [0, 0.1) is 44.3 Å². The van der Waals surface area contributed by atoms with Crippen molar-refractivity contribution in [2.45, 2.75) is 125 Å². The molecular formula is C37H63N3O2. The maximum atomic E-state index is 14.3. The predicted octanol–water partition coefficient (Wildman–Crippen LogP) is 6.66. The molecule has 5 heteroatoms. The molecular weight excluding hydrogens is 518 g/mol. The lowest BCUT2D eigenvalue weighted by atomic mass is 9.34. The van der Waals surface area contributed by atoms with Crippen LogP contribution in [0.1, 0.15) is 119 Å². The van der Waals surface area contributed by atoms with E-state index in [2.05, 4.69) is 70.6 Å². The van der Waals surface area contributed by atoms with Gasteiger partial charge >= 0.3 is 0 Å². The number of likely N-dealkylation sites (N-methyl/N-ethyl adjacent to an activating group) is 1. The Bertz CT molecular complexity index is 1100. The Balaban J connectivity index is 1.30. The second kappa shape index (κ2) is 10.3. The number of hydrogen-bond acceptors (Lipinski definition) is 4. The highest BCUT2D eigenvalue weighted by atomic mass is 16.3. The predicted molar refractivity (Wildman–Crippen MR) is 172 cm³/mol. The van der Waals surface area contributed by atoms with Gasteiger partial charge in [0.25, 0.3) is 0 Å². The van der Waals surface area contributed by atoms with Crippen LogP contribution in [0.2, 0.25) is 0 Å². The summed E-state index contributed by atoms with van der Waals surface area (Å²) in [6.45, 7) is 23.7. The number of allylic oxidation sites excluding steroid dienone is 1. The molecule has 1 heterocycles. The van der Waals surface area contributed by atoms with Crippen molar-refractivity contribution in [1.82, 2.24) is 15.1 Å². The second-order valence-corrected chi connectivity index (χ2v) is 18.1. The van der Waals surface area contributed by atoms with Crippen molar-refractivity contribution in [3.63, 3.8) is 0 Å². The van der Waals surface area contributed by atoms with Crippen LogP contribution in [0.15, 0.2) is 11.1 Å². The van der Waals surface area contributed by atoms with E-state index in [-0.39, 0.29) is 38.6 Å². The number of amides is 1. The summed E-state index contributed by atoms with van der Waals surface area (Å²) in [5.74, 6) is 1.61. The second-order valence-electron chi connectivity index (χ2n) is 18.1. The van der Waals surface area contributed by atoms with Crippen LogP contribution in [0.25, 0.3) is 0 Å². The lowest BCUT2D eigenvalue weighted by molar-refractivity contribution is -0.204. The molecule has 0 aromatic heterocycles. The average Bonchev–Trinajstić information content (AvgIpc) is 2.92. The monoisotopic (exact) mass is 581 g/mol. The largest absolute Gasteiger partial charge is 0.393 e. The Morgan fingerprint density at radius 1 is 0.833 bits per heavy atom. The van der Waals surface area contributed by atoms with Crippen molar-refractivity contribution in [2.75, 3.05) is 46.3 Å². The smallest absolute Gasteiger partial charge is 0.230 e. The number of fused-ring (bicyclic) bond motifs is 6. The van der Waals surface area contributed by atoms with E-state index in [4.69, 9.17) is 0 Å². The average molecular weight is 582 g/mol. The lowest BCUT2D eigenvalue weighted by Crippen LogP contribution is -2.64. The third-order valence-electron chi connectivity index (χ3n) is 15.3. The van der Waals surface area contributed by atoms with Crippen molar-refractivity contribution in [3.05, 3.63) is 11.1 Å². The number of nitrogens with one attached hydrogen (secondary N) is 1. The first kappa shape index (κ1) is 31.1. The van der Waals surface area contributed by atoms with Crippen LogP contribution in [-0.4, -0.2) is 73.2 Å². The molecule has 6 rings (SSSR count). The number of aliphatic hydroxyl groups is 1. The van der Waals surface area contributed by atoms with Gasteiger partial charge in [-0.25, -0.2) is 0 Å². The van der Waals surface area contributed by atoms with E-state index in [9.17, 15) is 9.90 Å². The summed E-state index contributed by atoms with van der Waals surface area (Å²) in [5.41, 5.74) is 3.92. The fraction of sp³-hybridized carbons (Fsp3) is 0.919.